The number of nitrogens with one attached hydrogen (secondary N) is 1. The molecule has 0 saturated heterocycles. The van der Waals surface area contributed by atoms with E-state index in [4.69, 9.17) is 9.47 Å². The largest absolute Gasteiger partial charge is 0.507 e. The maximum atomic E-state index is 12.0. The number of para-hydroxylation sites is 1. The summed E-state index contributed by atoms with van der Waals surface area (Å²) in [5, 5.41) is 13.7. The number of amides is 1. The first-order valence-corrected chi connectivity index (χ1v) is 8.66. The zero-order valence-electron chi connectivity index (χ0n) is 15.1. The molecule has 138 valence electrons. The average molecular weight is 356 g/mol. The van der Waals surface area contributed by atoms with Crippen LogP contribution in [0.2, 0.25) is 0 Å². The molecule has 6 heteroatoms. The lowest BCUT2D eigenvalue weighted by molar-refractivity contribution is 0.0952. The Morgan fingerprint density at radius 2 is 1.85 bits per heavy atom. The van der Waals surface area contributed by atoms with Crippen molar-refractivity contribution in [2.24, 2.45) is 5.10 Å². The molecule has 0 aromatic heterocycles. The normalized spacial score (nSPS) is 10.7. The van der Waals surface area contributed by atoms with E-state index in [0.717, 1.165) is 24.2 Å². The van der Waals surface area contributed by atoms with Crippen molar-refractivity contribution >= 4 is 12.1 Å². The second-order valence-corrected chi connectivity index (χ2v) is 5.61. The molecule has 0 spiro atoms. The fourth-order valence-corrected chi connectivity index (χ4v) is 2.15. The first-order valence-electron chi connectivity index (χ1n) is 8.66. The van der Waals surface area contributed by atoms with Gasteiger partial charge in [-0.05, 0) is 37.1 Å². The number of phenols is 1. The quantitative estimate of drug-likeness (QED) is 0.530. The topological polar surface area (TPSA) is 80.2 Å². The van der Waals surface area contributed by atoms with Crippen LogP contribution in [0.25, 0.3) is 0 Å². The van der Waals surface area contributed by atoms with Crippen LogP contribution in [0, 0.1) is 0 Å². The number of aromatic hydroxyl groups is 1. The third kappa shape index (κ3) is 5.51. The molecule has 2 rings (SSSR count). The van der Waals surface area contributed by atoms with E-state index in [1.807, 2.05) is 32.0 Å². The molecule has 0 aliphatic rings. The van der Waals surface area contributed by atoms with E-state index in [1.165, 1.54) is 18.3 Å². The van der Waals surface area contributed by atoms with Gasteiger partial charge in [0.2, 0.25) is 0 Å². The molecule has 2 N–H and O–H groups in total. The summed E-state index contributed by atoms with van der Waals surface area (Å²) in [7, 11) is 0. The van der Waals surface area contributed by atoms with E-state index >= 15 is 0 Å². The van der Waals surface area contributed by atoms with Gasteiger partial charge in [-0.15, -0.1) is 0 Å². The second-order valence-electron chi connectivity index (χ2n) is 5.61. The molecule has 2 aromatic rings. The van der Waals surface area contributed by atoms with E-state index in [2.05, 4.69) is 10.5 Å². The molecular formula is C20H24N2O4. The van der Waals surface area contributed by atoms with Gasteiger partial charge >= 0.3 is 0 Å². The lowest BCUT2D eigenvalue weighted by Gasteiger charge is -2.11. The van der Waals surface area contributed by atoms with Gasteiger partial charge in [-0.25, -0.2) is 5.43 Å². The summed E-state index contributed by atoms with van der Waals surface area (Å²) in [4.78, 5) is 12.0. The van der Waals surface area contributed by atoms with Crippen LogP contribution in [0.4, 0.5) is 0 Å². The predicted octanol–water partition coefficient (Wildman–Crippen LogP) is 3.73. The number of carbonyl (C=O) groups excluding carboxylic acids is 1. The van der Waals surface area contributed by atoms with Crippen LogP contribution in [-0.4, -0.2) is 30.4 Å². The number of hydrogen-bond donors (Lipinski definition) is 2. The van der Waals surface area contributed by atoms with E-state index in [1.54, 1.807) is 12.1 Å². The minimum atomic E-state index is -0.488. The SMILES string of the molecule is CCCOc1ccc(/C=N/NC(=O)c2ccccc2O)c(OCCC)c1. The Morgan fingerprint density at radius 1 is 1.12 bits per heavy atom. The fraction of sp³-hybridized carbons (Fsp3) is 0.300. The highest BCUT2D eigenvalue weighted by atomic mass is 16.5. The van der Waals surface area contributed by atoms with Crippen LogP contribution < -0.4 is 14.9 Å². The van der Waals surface area contributed by atoms with E-state index in [9.17, 15) is 9.90 Å². The Kier molecular flexibility index (Phi) is 7.49. The number of hydrogen-bond acceptors (Lipinski definition) is 5. The Hall–Kier alpha value is -3.02. The van der Waals surface area contributed by atoms with Crippen LogP contribution in [0.3, 0.4) is 0 Å². The number of hydrazone groups is 1. The van der Waals surface area contributed by atoms with Crippen LogP contribution in [0.15, 0.2) is 47.6 Å². The highest BCUT2D eigenvalue weighted by Gasteiger charge is 2.09. The molecule has 0 radical (unpaired) electrons. The van der Waals surface area contributed by atoms with E-state index in [0.29, 0.717) is 19.0 Å². The van der Waals surface area contributed by atoms with Gasteiger partial charge in [-0.1, -0.05) is 26.0 Å². The van der Waals surface area contributed by atoms with Crippen molar-refractivity contribution in [3.05, 3.63) is 53.6 Å². The first-order chi connectivity index (χ1) is 12.7. The number of carbonyl (C=O) groups is 1. The lowest BCUT2D eigenvalue weighted by Crippen LogP contribution is -2.17. The Morgan fingerprint density at radius 3 is 2.58 bits per heavy atom. The van der Waals surface area contributed by atoms with Gasteiger partial charge in [0.05, 0.1) is 25.0 Å². The molecule has 2 aromatic carbocycles. The summed E-state index contributed by atoms with van der Waals surface area (Å²) in [5.41, 5.74) is 3.29. The Balaban J connectivity index is 2.09. The van der Waals surface area contributed by atoms with Crippen molar-refractivity contribution in [3.63, 3.8) is 0 Å². The minimum absolute atomic E-state index is 0.0930. The minimum Gasteiger partial charge on any atom is -0.507 e. The molecule has 0 unspecified atom stereocenters. The zero-order chi connectivity index (χ0) is 18.8. The molecular weight excluding hydrogens is 332 g/mol. The highest BCUT2D eigenvalue weighted by molar-refractivity contribution is 5.97. The third-order valence-electron chi connectivity index (χ3n) is 3.44. The van der Waals surface area contributed by atoms with Crippen molar-refractivity contribution in [2.75, 3.05) is 13.2 Å². The number of rotatable bonds is 9. The van der Waals surface area contributed by atoms with Gasteiger partial charge in [0, 0.05) is 11.6 Å². The molecule has 0 aliphatic carbocycles. The third-order valence-corrected chi connectivity index (χ3v) is 3.44. The van der Waals surface area contributed by atoms with Gasteiger partial charge in [0.1, 0.15) is 17.2 Å². The molecule has 0 bridgehead atoms. The van der Waals surface area contributed by atoms with Gasteiger partial charge in [-0.2, -0.15) is 5.10 Å². The Labute approximate surface area is 153 Å². The summed E-state index contributed by atoms with van der Waals surface area (Å²) >= 11 is 0. The smallest absolute Gasteiger partial charge is 0.275 e. The monoisotopic (exact) mass is 356 g/mol. The standard InChI is InChI=1S/C20H24N2O4/c1-3-11-25-16-10-9-15(19(13-16)26-12-4-2)14-21-22-20(24)17-7-5-6-8-18(17)23/h5-10,13-14,23H,3-4,11-12H2,1-2H3,(H,22,24)/b21-14+. The van der Waals surface area contributed by atoms with Crippen molar-refractivity contribution in [1.82, 2.24) is 5.43 Å². The molecule has 0 aliphatic heterocycles. The molecule has 0 fully saturated rings. The summed E-state index contributed by atoms with van der Waals surface area (Å²) in [6, 6.07) is 11.8. The molecule has 0 atom stereocenters. The average Bonchev–Trinajstić information content (AvgIpc) is 2.66. The fourth-order valence-electron chi connectivity index (χ4n) is 2.15. The molecule has 0 saturated carbocycles. The number of benzene rings is 2. The van der Waals surface area contributed by atoms with Crippen LogP contribution in [0.5, 0.6) is 17.2 Å². The number of phenolic OH excluding ortho intramolecular Hbond substituents is 1. The molecule has 6 nitrogen and oxygen atoms in total. The lowest BCUT2D eigenvalue weighted by atomic mass is 10.2. The number of ether oxygens (including phenoxy) is 2. The van der Waals surface area contributed by atoms with Crippen molar-refractivity contribution in [3.8, 4) is 17.2 Å². The maximum Gasteiger partial charge on any atom is 0.275 e. The highest BCUT2D eigenvalue weighted by Crippen LogP contribution is 2.24. The summed E-state index contributed by atoms with van der Waals surface area (Å²) in [6.07, 6.45) is 3.31. The van der Waals surface area contributed by atoms with Gasteiger partial charge in [-0.3, -0.25) is 4.79 Å². The molecule has 26 heavy (non-hydrogen) atoms. The zero-order valence-corrected chi connectivity index (χ0v) is 15.1. The van der Waals surface area contributed by atoms with E-state index in [-0.39, 0.29) is 11.3 Å². The van der Waals surface area contributed by atoms with Crippen molar-refractivity contribution < 1.29 is 19.4 Å². The van der Waals surface area contributed by atoms with Crippen LogP contribution >= 0.6 is 0 Å². The van der Waals surface area contributed by atoms with Gasteiger partial charge < -0.3 is 14.6 Å². The summed E-state index contributed by atoms with van der Waals surface area (Å²) in [6.45, 7) is 5.28. The van der Waals surface area contributed by atoms with E-state index < -0.39 is 5.91 Å². The summed E-state index contributed by atoms with van der Waals surface area (Å²) < 4.78 is 11.4. The van der Waals surface area contributed by atoms with Crippen molar-refractivity contribution in [1.29, 1.82) is 0 Å². The number of nitrogens with zero attached hydrogens (tertiary/aromatic N) is 1. The van der Waals surface area contributed by atoms with Gasteiger partial charge in [0.15, 0.2) is 0 Å². The Bertz CT molecular complexity index is 759. The van der Waals surface area contributed by atoms with Crippen molar-refractivity contribution in [2.45, 2.75) is 26.7 Å². The maximum absolute atomic E-state index is 12.0. The molecule has 1 amide bonds. The van der Waals surface area contributed by atoms with Gasteiger partial charge in [0.25, 0.3) is 5.91 Å². The summed E-state index contributed by atoms with van der Waals surface area (Å²) in [5.74, 6) is 0.789. The van der Waals surface area contributed by atoms with Crippen LogP contribution in [-0.2, 0) is 0 Å². The first kappa shape index (κ1) is 19.3. The second kappa shape index (κ2) is 10.1. The predicted molar refractivity (Wildman–Crippen MR) is 101 cm³/mol. The van der Waals surface area contributed by atoms with Crippen LogP contribution in [0.1, 0.15) is 42.6 Å². The molecule has 0 heterocycles.